The van der Waals surface area contributed by atoms with Crippen LogP contribution in [0.15, 0.2) is 34.8 Å². The van der Waals surface area contributed by atoms with Gasteiger partial charge in [0.1, 0.15) is 0 Å². The van der Waals surface area contributed by atoms with Crippen LogP contribution in [0.3, 0.4) is 0 Å². The molecule has 25 heavy (non-hydrogen) atoms. The molecule has 0 spiro atoms. The molecule has 0 fully saturated rings. The van der Waals surface area contributed by atoms with Crippen LogP contribution in [0, 0.1) is 6.92 Å². The highest BCUT2D eigenvalue weighted by Crippen LogP contribution is 2.39. The van der Waals surface area contributed by atoms with Crippen molar-refractivity contribution in [1.82, 2.24) is 0 Å². The average molecular weight is 409 g/mol. The lowest BCUT2D eigenvalue weighted by Crippen LogP contribution is -2.22. The number of rotatable bonds is 7. The number of anilines is 2. The summed E-state index contributed by atoms with van der Waals surface area (Å²) in [5, 5.41) is 5.91. The van der Waals surface area contributed by atoms with Crippen molar-refractivity contribution in [1.29, 1.82) is 0 Å². The first-order valence-corrected chi connectivity index (χ1v) is 8.37. The summed E-state index contributed by atoms with van der Waals surface area (Å²) >= 11 is 3.44. The molecule has 6 nitrogen and oxygen atoms in total. The lowest BCUT2D eigenvalue weighted by Gasteiger charge is -2.15. The topological polar surface area (TPSA) is 68.8 Å². The van der Waals surface area contributed by atoms with Crippen LogP contribution in [0.25, 0.3) is 0 Å². The molecule has 0 aliphatic rings. The lowest BCUT2D eigenvalue weighted by atomic mass is 10.2. The van der Waals surface area contributed by atoms with Gasteiger partial charge in [-0.25, -0.2) is 0 Å². The van der Waals surface area contributed by atoms with Gasteiger partial charge in [0.2, 0.25) is 11.7 Å². The molecule has 0 atom stereocenters. The van der Waals surface area contributed by atoms with Gasteiger partial charge in [0.25, 0.3) is 0 Å². The van der Waals surface area contributed by atoms with Gasteiger partial charge in [-0.15, -0.1) is 0 Å². The number of aryl methyl sites for hydroxylation is 1. The van der Waals surface area contributed by atoms with E-state index in [0.29, 0.717) is 22.9 Å². The first-order chi connectivity index (χ1) is 12.0. The summed E-state index contributed by atoms with van der Waals surface area (Å²) in [5.41, 5.74) is 2.52. The number of hydrogen-bond donors (Lipinski definition) is 2. The third-order valence-corrected chi connectivity index (χ3v) is 4.17. The highest BCUT2D eigenvalue weighted by Gasteiger charge is 2.14. The fourth-order valence-corrected chi connectivity index (χ4v) is 2.87. The normalized spacial score (nSPS) is 10.1. The van der Waals surface area contributed by atoms with Crippen molar-refractivity contribution in [2.24, 2.45) is 0 Å². The highest BCUT2D eigenvalue weighted by molar-refractivity contribution is 9.10. The number of ether oxygens (including phenoxy) is 3. The molecule has 0 unspecified atom stereocenters. The first kappa shape index (κ1) is 18.9. The van der Waals surface area contributed by atoms with Crippen molar-refractivity contribution in [3.8, 4) is 17.2 Å². The summed E-state index contributed by atoms with van der Waals surface area (Å²) in [7, 11) is 4.63. The zero-order valence-electron chi connectivity index (χ0n) is 14.6. The van der Waals surface area contributed by atoms with Crippen molar-refractivity contribution < 1.29 is 19.0 Å². The minimum Gasteiger partial charge on any atom is -0.493 e. The minimum absolute atomic E-state index is 0.0962. The molecule has 2 aromatic rings. The van der Waals surface area contributed by atoms with Gasteiger partial charge in [-0.3, -0.25) is 4.79 Å². The average Bonchev–Trinajstić information content (AvgIpc) is 2.61. The lowest BCUT2D eigenvalue weighted by molar-refractivity contribution is -0.114. The summed E-state index contributed by atoms with van der Waals surface area (Å²) in [6.45, 7) is 2.08. The fourth-order valence-electron chi connectivity index (χ4n) is 2.28. The Morgan fingerprint density at radius 2 is 1.68 bits per heavy atom. The molecule has 0 aromatic heterocycles. The fraction of sp³-hybridized carbons (Fsp3) is 0.278. The van der Waals surface area contributed by atoms with E-state index in [9.17, 15) is 4.79 Å². The molecular formula is C18H21BrN2O4. The zero-order chi connectivity index (χ0) is 18.4. The Bertz CT molecular complexity index is 740. The molecule has 7 heteroatoms. The first-order valence-electron chi connectivity index (χ1n) is 7.58. The highest BCUT2D eigenvalue weighted by atomic mass is 79.9. The second kappa shape index (κ2) is 8.62. The van der Waals surface area contributed by atoms with Gasteiger partial charge in [-0.2, -0.15) is 0 Å². The van der Waals surface area contributed by atoms with Crippen LogP contribution in [0.5, 0.6) is 17.2 Å². The monoisotopic (exact) mass is 408 g/mol. The quantitative estimate of drug-likeness (QED) is 0.728. The van der Waals surface area contributed by atoms with E-state index >= 15 is 0 Å². The van der Waals surface area contributed by atoms with Crippen molar-refractivity contribution >= 4 is 33.2 Å². The molecule has 2 N–H and O–H groups in total. The molecule has 0 saturated carbocycles. The predicted molar refractivity (Wildman–Crippen MR) is 102 cm³/mol. The summed E-state index contributed by atoms with van der Waals surface area (Å²) in [6.07, 6.45) is 0. The van der Waals surface area contributed by atoms with Gasteiger partial charge in [0, 0.05) is 22.3 Å². The number of benzene rings is 2. The number of methoxy groups -OCH3 is 3. The Labute approximate surface area is 155 Å². The number of amides is 1. The van der Waals surface area contributed by atoms with E-state index < -0.39 is 0 Å². The maximum atomic E-state index is 12.2. The summed E-state index contributed by atoms with van der Waals surface area (Å²) in [5.74, 6) is 1.37. The standard InChI is InChI=1S/C18H21BrN2O4/c1-11-5-6-14(13(19)7-11)21-17(22)10-20-12-8-15(23-2)18(25-4)16(9-12)24-3/h5-9,20H,10H2,1-4H3,(H,21,22). The Hall–Kier alpha value is -2.41. The third-order valence-electron chi connectivity index (χ3n) is 3.52. The SMILES string of the molecule is COc1cc(NCC(=O)Nc2ccc(C)cc2Br)cc(OC)c1OC. The summed E-state index contributed by atoms with van der Waals surface area (Å²) in [6, 6.07) is 9.23. The maximum absolute atomic E-state index is 12.2. The second-order valence-corrected chi connectivity index (χ2v) is 6.15. The van der Waals surface area contributed by atoms with Crippen molar-refractivity contribution in [2.75, 3.05) is 38.5 Å². The van der Waals surface area contributed by atoms with Gasteiger partial charge in [-0.05, 0) is 40.5 Å². The smallest absolute Gasteiger partial charge is 0.243 e. The number of hydrogen-bond acceptors (Lipinski definition) is 5. The molecule has 0 heterocycles. The minimum atomic E-state index is -0.168. The van der Waals surface area contributed by atoms with Crippen LogP contribution in [-0.4, -0.2) is 33.8 Å². The molecule has 0 radical (unpaired) electrons. The summed E-state index contributed by atoms with van der Waals surface area (Å²) < 4.78 is 16.7. The molecule has 1 amide bonds. The van der Waals surface area contributed by atoms with Gasteiger partial charge in [0.05, 0.1) is 33.6 Å². The molecule has 0 aliphatic carbocycles. The van der Waals surface area contributed by atoms with Gasteiger partial charge in [0.15, 0.2) is 11.5 Å². The molecule has 0 aliphatic heterocycles. The predicted octanol–water partition coefficient (Wildman–Crippen LogP) is 3.83. The van der Waals surface area contributed by atoms with E-state index in [4.69, 9.17) is 14.2 Å². The van der Waals surface area contributed by atoms with Crippen LogP contribution in [0.4, 0.5) is 11.4 Å². The number of carbonyl (C=O) groups excluding carboxylic acids is 1. The van der Waals surface area contributed by atoms with E-state index in [1.807, 2.05) is 25.1 Å². The van der Waals surface area contributed by atoms with E-state index in [2.05, 4.69) is 26.6 Å². The van der Waals surface area contributed by atoms with Crippen LogP contribution >= 0.6 is 15.9 Å². The second-order valence-electron chi connectivity index (χ2n) is 5.30. The molecule has 2 aromatic carbocycles. The Morgan fingerprint density at radius 1 is 1.04 bits per heavy atom. The number of carbonyl (C=O) groups is 1. The Kier molecular flexibility index (Phi) is 6.52. The molecule has 2 rings (SSSR count). The Morgan fingerprint density at radius 3 is 2.20 bits per heavy atom. The van der Waals surface area contributed by atoms with E-state index in [0.717, 1.165) is 15.7 Å². The third kappa shape index (κ3) is 4.79. The maximum Gasteiger partial charge on any atom is 0.243 e. The van der Waals surface area contributed by atoms with E-state index in [1.54, 1.807) is 33.5 Å². The van der Waals surface area contributed by atoms with Gasteiger partial charge >= 0.3 is 0 Å². The molecule has 134 valence electrons. The number of nitrogens with one attached hydrogen (secondary N) is 2. The zero-order valence-corrected chi connectivity index (χ0v) is 16.2. The van der Waals surface area contributed by atoms with Crippen LogP contribution in [0.1, 0.15) is 5.56 Å². The van der Waals surface area contributed by atoms with Crippen molar-refractivity contribution in [3.05, 3.63) is 40.4 Å². The molecule has 0 saturated heterocycles. The van der Waals surface area contributed by atoms with Crippen molar-refractivity contribution in [2.45, 2.75) is 6.92 Å². The largest absolute Gasteiger partial charge is 0.493 e. The van der Waals surface area contributed by atoms with Crippen LogP contribution < -0.4 is 24.8 Å². The van der Waals surface area contributed by atoms with E-state index in [1.165, 1.54) is 0 Å². The molecular weight excluding hydrogens is 388 g/mol. The number of halogens is 1. The Balaban J connectivity index is 2.06. The van der Waals surface area contributed by atoms with Crippen LogP contribution in [0.2, 0.25) is 0 Å². The summed E-state index contributed by atoms with van der Waals surface area (Å²) in [4.78, 5) is 12.2. The van der Waals surface area contributed by atoms with Crippen molar-refractivity contribution in [3.63, 3.8) is 0 Å². The van der Waals surface area contributed by atoms with E-state index in [-0.39, 0.29) is 12.5 Å². The van der Waals surface area contributed by atoms with Gasteiger partial charge in [-0.1, -0.05) is 6.07 Å². The molecule has 0 bridgehead atoms. The van der Waals surface area contributed by atoms with Crippen LogP contribution in [-0.2, 0) is 4.79 Å². The van der Waals surface area contributed by atoms with Gasteiger partial charge < -0.3 is 24.8 Å².